The molecular weight excluding hydrogens is 548 g/mol. The number of amides is 3. The zero-order chi connectivity index (χ0) is 27.9. The highest BCUT2D eigenvalue weighted by Crippen LogP contribution is 2.63. The first kappa shape index (κ1) is 28.1. The van der Waals surface area contributed by atoms with Crippen molar-refractivity contribution in [1.29, 1.82) is 5.26 Å². The molecule has 0 bridgehead atoms. The highest BCUT2D eigenvalue weighted by atomic mass is 35.5. The van der Waals surface area contributed by atoms with Crippen LogP contribution in [0.2, 0.25) is 0 Å². The van der Waals surface area contributed by atoms with Gasteiger partial charge in [0.2, 0.25) is 11.8 Å². The molecule has 3 aromatic rings. The zero-order valence-electron chi connectivity index (χ0n) is 23.1. The van der Waals surface area contributed by atoms with Crippen molar-refractivity contribution in [3.8, 4) is 17.3 Å². The maximum absolute atomic E-state index is 13.9. The molecular formula is C29H31ClN6O3S. The topological polar surface area (TPSA) is 119 Å². The number of piperidine rings is 1. The van der Waals surface area contributed by atoms with E-state index < -0.39 is 0 Å². The number of thiophene rings is 1. The Morgan fingerprint density at radius 2 is 1.90 bits per heavy atom. The summed E-state index contributed by atoms with van der Waals surface area (Å²) in [6.07, 6.45) is 1.66. The molecule has 1 saturated carbocycles. The fraction of sp³-hybridized carbons (Fsp3) is 0.448. The number of piperazine rings is 1. The summed E-state index contributed by atoms with van der Waals surface area (Å²) in [5.74, 6) is -0.779. The van der Waals surface area contributed by atoms with Gasteiger partial charge >= 0.3 is 0 Å². The van der Waals surface area contributed by atoms with E-state index in [0.717, 1.165) is 9.58 Å². The molecule has 0 radical (unpaired) electrons. The van der Waals surface area contributed by atoms with Gasteiger partial charge in [0, 0.05) is 41.8 Å². The summed E-state index contributed by atoms with van der Waals surface area (Å²) >= 11 is 1.43. The second-order valence-electron chi connectivity index (χ2n) is 12.0. The van der Waals surface area contributed by atoms with Crippen molar-refractivity contribution in [1.82, 2.24) is 25.1 Å². The second kappa shape index (κ2) is 9.61. The molecule has 3 amide bonds. The molecule has 3 aliphatic rings. The maximum Gasteiger partial charge on any atom is 0.256 e. The van der Waals surface area contributed by atoms with Crippen LogP contribution < -0.4 is 5.32 Å². The van der Waals surface area contributed by atoms with Crippen LogP contribution in [0, 0.1) is 35.5 Å². The van der Waals surface area contributed by atoms with E-state index in [1.54, 1.807) is 12.3 Å². The number of pyridine rings is 2. The Labute approximate surface area is 243 Å². The van der Waals surface area contributed by atoms with Gasteiger partial charge in [-0.15, -0.1) is 23.7 Å². The third-order valence-corrected chi connectivity index (χ3v) is 9.47. The molecule has 2 unspecified atom stereocenters. The fourth-order valence-electron chi connectivity index (χ4n) is 6.24. The van der Waals surface area contributed by atoms with Crippen LogP contribution in [0.5, 0.6) is 0 Å². The monoisotopic (exact) mass is 578 g/mol. The van der Waals surface area contributed by atoms with Crippen molar-refractivity contribution in [2.24, 2.45) is 17.3 Å². The van der Waals surface area contributed by atoms with Gasteiger partial charge in [-0.05, 0) is 49.9 Å². The van der Waals surface area contributed by atoms with E-state index in [9.17, 15) is 19.6 Å². The van der Waals surface area contributed by atoms with Crippen molar-refractivity contribution in [3.63, 3.8) is 0 Å². The molecule has 0 aromatic carbocycles. The van der Waals surface area contributed by atoms with Crippen LogP contribution in [0.4, 0.5) is 0 Å². The van der Waals surface area contributed by atoms with E-state index in [0.29, 0.717) is 47.5 Å². The Kier molecular flexibility index (Phi) is 6.77. The van der Waals surface area contributed by atoms with Gasteiger partial charge in [0.15, 0.2) is 0 Å². The number of hydrogen-bond acceptors (Lipinski definition) is 8. The number of fused-ring (bicyclic) bond motifs is 2. The van der Waals surface area contributed by atoms with Gasteiger partial charge in [0.05, 0.1) is 39.9 Å². The van der Waals surface area contributed by atoms with Crippen LogP contribution in [0.15, 0.2) is 24.4 Å². The van der Waals surface area contributed by atoms with Gasteiger partial charge in [-0.1, -0.05) is 13.8 Å². The van der Waals surface area contributed by atoms with Gasteiger partial charge in [-0.25, -0.2) is 4.98 Å². The number of rotatable bonds is 4. The van der Waals surface area contributed by atoms with E-state index in [4.69, 9.17) is 0 Å². The minimum absolute atomic E-state index is 0. The van der Waals surface area contributed by atoms with Crippen LogP contribution in [-0.4, -0.2) is 62.7 Å². The first-order valence-electron chi connectivity index (χ1n) is 13.1. The zero-order valence-corrected chi connectivity index (χ0v) is 24.7. The Morgan fingerprint density at radius 1 is 1.20 bits per heavy atom. The van der Waals surface area contributed by atoms with E-state index in [-0.39, 0.29) is 65.2 Å². The number of imide groups is 1. The molecule has 3 fully saturated rings. The lowest BCUT2D eigenvalue weighted by molar-refractivity contribution is -0.143. The lowest BCUT2D eigenvalue weighted by atomic mass is 9.97. The van der Waals surface area contributed by atoms with Gasteiger partial charge in [0.25, 0.3) is 5.91 Å². The number of aromatic nitrogens is 2. The summed E-state index contributed by atoms with van der Waals surface area (Å²) in [5, 5.41) is 13.1. The summed E-state index contributed by atoms with van der Waals surface area (Å²) in [5.41, 5.74) is 2.78. The van der Waals surface area contributed by atoms with Gasteiger partial charge < -0.3 is 10.2 Å². The van der Waals surface area contributed by atoms with Crippen LogP contribution in [-0.2, 0) is 16.1 Å². The van der Waals surface area contributed by atoms with Crippen LogP contribution >= 0.6 is 23.7 Å². The van der Waals surface area contributed by atoms with Crippen molar-refractivity contribution in [2.45, 2.75) is 46.7 Å². The van der Waals surface area contributed by atoms with E-state index in [1.807, 2.05) is 37.8 Å². The van der Waals surface area contributed by atoms with Gasteiger partial charge in [-0.3, -0.25) is 24.3 Å². The van der Waals surface area contributed by atoms with Crippen molar-refractivity contribution >= 4 is 51.7 Å². The third-order valence-electron chi connectivity index (χ3n) is 8.33. The summed E-state index contributed by atoms with van der Waals surface area (Å²) in [6, 6.07) is 7.48. The van der Waals surface area contributed by atoms with Crippen LogP contribution in [0.25, 0.3) is 21.5 Å². The van der Waals surface area contributed by atoms with Crippen molar-refractivity contribution in [3.05, 3.63) is 46.1 Å². The molecule has 2 aliphatic heterocycles. The average molecular weight is 579 g/mol. The Hall–Kier alpha value is -3.39. The molecule has 3 aromatic heterocycles. The first-order chi connectivity index (χ1) is 18.4. The molecule has 2 atom stereocenters. The highest BCUT2D eigenvalue weighted by molar-refractivity contribution is 7.19. The van der Waals surface area contributed by atoms with Crippen molar-refractivity contribution < 1.29 is 14.4 Å². The lowest BCUT2D eigenvalue weighted by Crippen LogP contribution is -2.58. The normalized spacial score (nSPS) is 22.6. The summed E-state index contributed by atoms with van der Waals surface area (Å²) in [4.78, 5) is 52.9. The smallest absolute Gasteiger partial charge is 0.256 e. The predicted octanol–water partition coefficient (Wildman–Crippen LogP) is 3.93. The summed E-state index contributed by atoms with van der Waals surface area (Å²) in [7, 11) is 0. The van der Waals surface area contributed by atoms with Gasteiger partial charge in [0.1, 0.15) is 11.8 Å². The Balaban J connectivity index is 0.00000323. The van der Waals surface area contributed by atoms with E-state index in [1.165, 1.54) is 16.2 Å². The number of nitriles is 1. The molecule has 9 nitrogen and oxygen atoms in total. The largest absolute Gasteiger partial charge is 0.335 e. The minimum atomic E-state index is -0.253. The molecule has 0 spiro atoms. The van der Waals surface area contributed by atoms with Crippen LogP contribution in [0.1, 0.15) is 54.2 Å². The summed E-state index contributed by atoms with van der Waals surface area (Å²) < 4.78 is 0.800. The number of halogens is 1. The number of carbonyl (C=O) groups is 3. The minimum Gasteiger partial charge on any atom is -0.335 e. The molecule has 2 saturated heterocycles. The molecule has 40 heavy (non-hydrogen) atoms. The molecule has 1 aliphatic carbocycles. The number of nitrogens with zero attached hydrogens (tertiary/aromatic N) is 5. The Morgan fingerprint density at radius 3 is 2.55 bits per heavy atom. The lowest BCUT2D eigenvalue weighted by Gasteiger charge is -2.39. The molecule has 208 valence electrons. The molecule has 11 heteroatoms. The number of likely N-dealkylation sites (tertiary alicyclic amines) is 1. The number of carbonyl (C=O) groups excluding carboxylic acids is 3. The number of hydrogen-bond donors (Lipinski definition) is 1. The van der Waals surface area contributed by atoms with Gasteiger partial charge in [-0.2, -0.15) is 5.26 Å². The SMILES string of the molecule is Cc1cc(C#N)nc(-c2ccnc3cc(CN4C(=O)C5C(C4=O)C5(C)C)sc23)c1C(=O)N1CCNC(C)(C)C1.Cl. The number of aryl methyl sites for hydroxylation is 1. The molecule has 1 N–H and O–H groups in total. The predicted molar refractivity (Wildman–Crippen MR) is 154 cm³/mol. The average Bonchev–Trinajstić information content (AvgIpc) is 3.12. The Bertz CT molecular complexity index is 1600. The third kappa shape index (κ3) is 4.37. The maximum atomic E-state index is 13.9. The summed E-state index contributed by atoms with van der Waals surface area (Å²) in [6.45, 7) is 11.9. The number of nitrogens with one attached hydrogen (secondary N) is 1. The van der Waals surface area contributed by atoms with Crippen LogP contribution in [0.3, 0.4) is 0 Å². The van der Waals surface area contributed by atoms with Crippen molar-refractivity contribution in [2.75, 3.05) is 19.6 Å². The highest BCUT2D eigenvalue weighted by Gasteiger charge is 2.72. The van der Waals surface area contributed by atoms with E-state index in [2.05, 4.69) is 35.2 Å². The second-order valence-corrected chi connectivity index (χ2v) is 13.2. The standard InChI is InChI=1S/C29H30N6O3S.ClH/c1-15-10-16(12-30)33-23(20(15)25(36)34-9-8-32-28(2,3)14-34)18-6-7-31-19-11-17(39-24(18)19)13-35-26(37)21-22(27(35)38)29(21,4)5;/h6-7,10-11,21-22,32H,8-9,13-14H2,1-5H3;1H. The molecule has 5 heterocycles. The van der Waals surface area contributed by atoms with E-state index >= 15 is 0 Å². The molecule has 6 rings (SSSR count). The fourth-order valence-corrected chi connectivity index (χ4v) is 7.35. The quantitative estimate of drug-likeness (QED) is 0.466. The first-order valence-corrected chi connectivity index (χ1v) is 13.9.